The van der Waals surface area contributed by atoms with Gasteiger partial charge in [-0.2, -0.15) is 0 Å². The van der Waals surface area contributed by atoms with Crippen molar-refractivity contribution in [3.05, 3.63) is 34.9 Å². The molecule has 16 heavy (non-hydrogen) atoms. The summed E-state index contributed by atoms with van der Waals surface area (Å²) in [5.41, 5.74) is 12.7. The van der Waals surface area contributed by atoms with E-state index < -0.39 is 11.3 Å². The molecule has 0 aliphatic rings. The topological polar surface area (TPSA) is 93.5 Å². The summed E-state index contributed by atoms with van der Waals surface area (Å²) < 4.78 is 0. The van der Waals surface area contributed by atoms with Crippen molar-refractivity contribution >= 4 is 35.1 Å². The maximum absolute atomic E-state index is 11.5. The van der Waals surface area contributed by atoms with Crippen molar-refractivity contribution in [1.82, 2.24) is 5.43 Å². The quantitative estimate of drug-likeness (QED) is 0.327. The zero-order valence-electron chi connectivity index (χ0n) is 8.15. The average Bonchev–Trinajstić information content (AvgIpc) is 2.25. The molecule has 0 saturated heterocycles. The molecule has 0 aromatic heterocycles. The van der Waals surface area contributed by atoms with Crippen molar-refractivity contribution in [2.75, 3.05) is 0 Å². The predicted molar refractivity (Wildman–Crippen MR) is 64.0 cm³/mol. The second-order valence-corrected chi connectivity index (χ2v) is 3.74. The molecule has 0 spiro atoms. The number of nitrogens with zero attached hydrogens (tertiary/aromatic N) is 1. The van der Waals surface area contributed by atoms with E-state index in [-0.39, 0.29) is 5.96 Å². The molecule has 1 unspecified atom stereocenters. The van der Waals surface area contributed by atoms with Gasteiger partial charge in [-0.1, -0.05) is 29.8 Å². The molecule has 0 bridgehead atoms. The molecule has 1 rings (SSSR count). The van der Waals surface area contributed by atoms with Gasteiger partial charge in [0, 0.05) is 5.02 Å². The van der Waals surface area contributed by atoms with Crippen LogP contribution < -0.4 is 16.9 Å². The van der Waals surface area contributed by atoms with Gasteiger partial charge in [-0.15, -0.1) is 16.7 Å². The summed E-state index contributed by atoms with van der Waals surface area (Å²) in [4.78, 5) is 11.5. The van der Waals surface area contributed by atoms with Crippen LogP contribution in [0.4, 0.5) is 0 Å². The lowest BCUT2D eigenvalue weighted by atomic mass is 10.1. The number of carbonyl (C=O) groups excluding carboxylic acids is 1. The molecule has 1 atom stereocenters. The number of benzene rings is 1. The Labute approximate surface area is 102 Å². The first kappa shape index (κ1) is 12.6. The van der Waals surface area contributed by atoms with E-state index in [4.69, 9.17) is 34.7 Å². The van der Waals surface area contributed by atoms with Crippen LogP contribution in [-0.2, 0) is 4.79 Å². The van der Waals surface area contributed by atoms with Crippen LogP contribution in [0.5, 0.6) is 0 Å². The lowest BCUT2D eigenvalue weighted by Gasteiger charge is -2.09. The summed E-state index contributed by atoms with van der Waals surface area (Å²) in [6, 6.07) is 6.75. The van der Waals surface area contributed by atoms with Crippen molar-refractivity contribution in [1.29, 1.82) is 0 Å². The van der Waals surface area contributed by atoms with Crippen molar-refractivity contribution in [2.24, 2.45) is 16.6 Å². The Hall–Kier alpha value is -1.46. The lowest BCUT2D eigenvalue weighted by molar-refractivity contribution is -0.120. The maximum Gasteiger partial charge on any atom is 0.262 e. The van der Waals surface area contributed by atoms with Gasteiger partial charge in [0.15, 0.2) is 0 Å². The summed E-state index contributed by atoms with van der Waals surface area (Å²) in [7, 11) is 0. The highest BCUT2D eigenvalue weighted by Gasteiger charge is 2.19. The van der Waals surface area contributed by atoms with Crippen LogP contribution in [0.25, 0.3) is 0 Å². The molecule has 0 radical (unpaired) electrons. The number of hydrazone groups is 1. The predicted octanol–water partition coefficient (Wildman–Crippen LogP) is 0.925. The molecule has 0 heterocycles. The van der Waals surface area contributed by atoms with Crippen LogP contribution in [0, 0.1) is 0 Å². The van der Waals surface area contributed by atoms with Crippen LogP contribution >= 0.6 is 23.2 Å². The number of hydrogen-bond acceptors (Lipinski definition) is 2. The number of carbonyl (C=O) groups is 1. The molecule has 5 nitrogen and oxygen atoms in total. The number of hydrogen-bond donors (Lipinski definition) is 3. The number of nitrogens with two attached hydrogens (primary N) is 2. The van der Waals surface area contributed by atoms with E-state index in [2.05, 4.69) is 10.5 Å². The Morgan fingerprint density at radius 3 is 2.56 bits per heavy atom. The molecule has 0 fully saturated rings. The molecule has 5 N–H and O–H groups in total. The second kappa shape index (κ2) is 5.58. The third kappa shape index (κ3) is 3.29. The summed E-state index contributed by atoms with van der Waals surface area (Å²) in [6.45, 7) is 0. The molecule has 1 aromatic carbocycles. The van der Waals surface area contributed by atoms with E-state index in [9.17, 15) is 4.79 Å². The number of rotatable bonds is 3. The Morgan fingerprint density at radius 2 is 2.00 bits per heavy atom. The molecule has 7 heteroatoms. The van der Waals surface area contributed by atoms with Crippen LogP contribution in [0.2, 0.25) is 5.02 Å². The summed E-state index contributed by atoms with van der Waals surface area (Å²) in [6.07, 6.45) is 0. The van der Waals surface area contributed by atoms with Crippen LogP contribution in [0.3, 0.4) is 0 Å². The number of nitrogens with one attached hydrogen (secondary N) is 1. The van der Waals surface area contributed by atoms with Gasteiger partial charge in [0.05, 0.1) is 0 Å². The highest BCUT2D eigenvalue weighted by molar-refractivity contribution is 6.35. The zero-order chi connectivity index (χ0) is 12.1. The van der Waals surface area contributed by atoms with Crippen molar-refractivity contribution in [3.63, 3.8) is 0 Å². The average molecular weight is 261 g/mol. The number of alkyl halides is 1. The van der Waals surface area contributed by atoms with Gasteiger partial charge < -0.3 is 11.5 Å². The number of amides is 1. The summed E-state index contributed by atoms with van der Waals surface area (Å²) >= 11 is 11.8. The van der Waals surface area contributed by atoms with Gasteiger partial charge in [0.2, 0.25) is 5.96 Å². The Kier molecular flexibility index (Phi) is 4.39. The number of halogens is 2. The van der Waals surface area contributed by atoms with Crippen molar-refractivity contribution in [3.8, 4) is 0 Å². The third-order valence-electron chi connectivity index (χ3n) is 1.70. The van der Waals surface area contributed by atoms with Crippen molar-refractivity contribution in [2.45, 2.75) is 5.38 Å². The SMILES string of the molecule is NC(N)=NNC(=O)C(Cl)c1ccccc1Cl. The minimum absolute atomic E-state index is 0.253. The van der Waals surface area contributed by atoms with E-state index in [1.165, 1.54) is 0 Å². The third-order valence-corrected chi connectivity index (χ3v) is 2.48. The first-order valence-electron chi connectivity index (χ1n) is 4.29. The van der Waals surface area contributed by atoms with E-state index in [1.54, 1.807) is 24.3 Å². The van der Waals surface area contributed by atoms with Crippen LogP contribution in [0.15, 0.2) is 29.4 Å². The van der Waals surface area contributed by atoms with Crippen LogP contribution in [-0.4, -0.2) is 11.9 Å². The van der Waals surface area contributed by atoms with E-state index in [0.29, 0.717) is 10.6 Å². The Bertz CT molecular complexity index is 418. The highest BCUT2D eigenvalue weighted by Crippen LogP contribution is 2.27. The maximum atomic E-state index is 11.5. The molecule has 1 amide bonds. The molecule has 1 aromatic rings. The standard InChI is InChI=1S/C9H10Cl2N4O/c10-6-4-2-1-3-5(6)7(11)8(16)14-15-9(12)13/h1-4,7H,(H,14,16)(H4,12,13,15). The minimum Gasteiger partial charge on any atom is -0.369 e. The van der Waals surface area contributed by atoms with E-state index in [0.717, 1.165) is 0 Å². The molecular formula is C9H10Cl2N4O. The fraction of sp³-hybridized carbons (Fsp3) is 0.111. The summed E-state index contributed by atoms with van der Waals surface area (Å²) in [5, 5.41) is 2.80. The smallest absolute Gasteiger partial charge is 0.262 e. The lowest BCUT2D eigenvalue weighted by Crippen LogP contribution is -2.30. The second-order valence-electron chi connectivity index (χ2n) is 2.90. The molecule has 86 valence electrons. The summed E-state index contributed by atoms with van der Waals surface area (Å²) in [5.74, 6) is -0.806. The van der Waals surface area contributed by atoms with Gasteiger partial charge >= 0.3 is 0 Å². The minimum atomic E-state index is -0.947. The van der Waals surface area contributed by atoms with Gasteiger partial charge in [0.25, 0.3) is 5.91 Å². The monoisotopic (exact) mass is 260 g/mol. The van der Waals surface area contributed by atoms with Gasteiger partial charge in [-0.3, -0.25) is 4.79 Å². The molecule has 0 saturated carbocycles. The fourth-order valence-corrected chi connectivity index (χ4v) is 1.54. The van der Waals surface area contributed by atoms with Gasteiger partial charge in [-0.25, -0.2) is 5.43 Å². The normalized spacial score (nSPS) is 11.6. The molecule has 0 aliphatic carbocycles. The van der Waals surface area contributed by atoms with Crippen molar-refractivity contribution < 1.29 is 4.79 Å². The van der Waals surface area contributed by atoms with E-state index >= 15 is 0 Å². The van der Waals surface area contributed by atoms with E-state index in [1.807, 2.05) is 0 Å². The molecule has 0 aliphatic heterocycles. The number of guanidine groups is 1. The Balaban J connectivity index is 2.79. The van der Waals surface area contributed by atoms with Gasteiger partial charge in [0.1, 0.15) is 5.38 Å². The van der Waals surface area contributed by atoms with Gasteiger partial charge in [-0.05, 0) is 11.6 Å². The Morgan fingerprint density at radius 1 is 1.38 bits per heavy atom. The zero-order valence-corrected chi connectivity index (χ0v) is 9.66. The largest absolute Gasteiger partial charge is 0.369 e. The van der Waals surface area contributed by atoms with Crippen LogP contribution in [0.1, 0.15) is 10.9 Å². The first-order chi connectivity index (χ1) is 7.52. The highest BCUT2D eigenvalue weighted by atomic mass is 35.5. The molecular weight excluding hydrogens is 251 g/mol. The first-order valence-corrected chi connectivity index (χ1v) is 5.10. The fourth-order valence-electron chi connectivity index (χ4n) is 0.998.